The number of amides is 1. The van der Waals surface area contributed by atoms with Crippen molar-refractivity contribution < 1.29 is 4.79 Å². The van der Waals surface area contributed by atoms with E-state index >= 15 is 0 Å². The zero-order chi connectivity index (χ0) is 19.3. The van der Waals surface area contributed by atoms with Crippen molar-refractivity contribution >= 4 is 11.6 Å². The Bertz CT molecular complexity index is 1150. The number of nitrogens with one attached hydrogen (secondary N) is 1. The minimum Gasteiger partial charge on any atom is -0.324 e. The Hall–Kier alpha value is -4.00. The summed E-state index contributed by atoms with van der Waals surface area (Å²) in [5, 5.41) is 11.2. The summed E-state index contributed by atoms with van der Waals surface area (Å²) in [6.07, 6.45) is 3.33. The molecule has 0 spiro atoms. The van der Waals surface area contributed by atoms with Crippen molar-refractivity contribution in [3.63, 3.8) is 0 Å². The normalized spacial score (nSPS) is 10.6. The van der Waals surface area contributed by atoms with Gasteiger partial charge in [0.1, 0.15) is 6.54 Å². The third-order valence-corrected chi connectivity index (χ3v) is 4.17. The molecule has 0 aliphatic heterocycles. The molecule has 0 aliphatic carbocycles. The minimum atomic E-state index is -0.359. The predicted molar refractivity (Wildman–Crippen MR) is 106 cm³/mol. The molecule has 28 heavy (non-hydrogen) atoms. The highest BCUT2D eigenvalue weighted by Gasteiger charge is 2.11. The van der Waals surface area contributed by atoms with E-state index in [1.807, 2.05) is 54.6 Å². The highest BCUT2D eigenvalue weighted by molar-refractivity contribution is 5.95. The van der Waals surface area contributed by atoms with Gasteiger partial charge in [-0.2, -0.15) is 5.10 Å². The minimum absolute atomic E-state index is 0.197. The molecule has 2 aromatic heterocycles. The Morgan fingerprint density at radius 1 is 0.929 bits per heavy atom. The second-order valence-electron chi connectivity index (χ2n) is 6.10. The lowest BCUT2D eigenvalue weighted by Crippen LogP contribution is -2.30. The van der Waals surface area contributed by atoms with E-state index in [9.17, 15) is 9.59 Å². The number of hydrogen-bond acceptors (Lipinski definition) is 4. The maximum absolute atomic E-state index is 12.6. The molecule has 1 amide bonds. The second kappa shape index (κ2) is 7.71. The Morgan fingerprint density at radius 2 is 1.71 bits per heavy atom. The fourth-order valence-electron chi connectivity index (χ4n) is 2.87. The Morgan fingerprint density at radius 3 is 2.50 bits per heavy atom. The van der Waals surface area contributed by atoms with Gasteiger partial charge in [-0.15, -0.1) is 5.10 Å². The third-order valence-electron chi connectivity index (χ3n) is 4.17. The first-order valence-corrected chi connectivity index (χ1v) is 8.73. The molecular formula is C21H17N5O2. The standard InChI is InChI=1S/C21H17N5O2/c27-20(15-26-21(28)12-11-19(24-26)25-14-6-13-22-25)23-18-10-5-4-9-17(18)16-7-2-1-3-8-16/h1-14H,15H2,(H,23,27). The van der Waals surface area contributed by atoms with E-state index in [1.54, 1.807) is 24.5 Å². The fraction of sp³-hybridized carbons (Fsp3) is 0.0476. The predicted octanol–water partition coefficient (Wildman–Crippen LogP) is 2.73. The lowest BCUT2D eigenvalue weighted by molar-refractivity contribution is -0.117. The van der Waals surface area contributed by atoms with Crippen LogP contribution in [0.5, 0.6) is 0 Å². The van der Waals surface area contributed by atoms with Gasteiger partial charge in [-0.1, -0.05) is 48.5 Å². The fourth-order valence-corrected chi connectivity index (χ4v) is 2.87. The highest BCUT2D eigenvalue weighted by Crippen LogP contribution is 2.27. The van der Waals surface area contributed by atoms with Crippen LogP contribution in [-0.4, -0.2) is 25.5 Å². The molecule has 7 heteroatoms. The number of aromatic nitrogens is 4. The van der Waals surface area contributed by atoms with Gasteiger partial charge in [0.05, 0.1) is 0 Å². The van der Waals surface area contributed by atoms with Gasteiger partial charge in [0.2, 0.25) is 5.91 Å². The second-order valence-corrected chi connectivity index (χ2v) is 6.10. The summed E-state index contributed by atoms with van der Waals surface area (Å²) in [6, 6.07) is 22.0. The first kappa shape index (κ1) is 17.4. The van der Waals surface area contributed by atoms with E-state index in [-0.39, 0.29) is 18.0 Å². The molecule has 0 radical (unpaired) electrons. The zero-order valence-electron chi connectivity index (χ0n) is 14.9. The average Bonchev–Trinajstić information content (AvgIpc) is 3.25. The molecule has 2 aromatic carbocycles. The van der Waals surface area contributed by atoms with Gasteiger partial charge in [-0.25, -0.2) is 9.36 Å². The van der Waals surface area contributed by atoms with Crippen LogP contribution < -0.4 is 10.9 Å². The molecule has 0 aliphatic rings. The van der Waals surface area contributed by atoms with E-state index < -0.39 is 0 Å². The third kappa shape index (κ3) is 3.73. The van der Waals surface area contributed by atoms with Crippen molar-refractivity contribution in [2.45, 2.75) is 6.54 Å². The van der Waals surface area contributed by atoms with Crippen LogP contribution in [0.4, 0.5) is 5.69 Å². The number of nitrogens with zero attached hydrogens (tertiary/aromatic N) is 4. The van der Waals surface area contributed by atoms with Gasteiger partial charge >= 0.3 is 0 Å². The first-order chi connectivity index (χ1) is 13.7. The van der Waals surface area contributed by atoms with Crippen molar-refractivity contribution in [2.75, 3.05) is 5.32 Å². The van der Waals surface area contributed by atoms with E-state index in [0.29, 0.717) is 11.5 Å². The molecule has 0 unspecified atom stereocenters. The largest absolute Gasteiger partial charge is 0.324 e. The molecule has 1 N–H and O–H groups in total. The number of benzene rings is 2. The Balaban J connectivity index is 1.57. The highest BCUT2D eigenvalue weighted by atomic mass is 16.2. The van der Waals surface area contributed by atoms with Crippen LogP contribution in [0.2, 0.25) is 0 Å². The first-order valence-electron chi connectivity index (χ1n) is 8.73. The molecule has 7 nitrogen and oxygen atoms in total. The molecule has 4 aromatic rings. The summed E-state index contributed by atoms with van der Waals surface area (Å²) in [7, 11) is 0. The van der Waals surface area contributed by atoms with Crippen molar-refractivity contribution in [1.82, 2.24) is 19.6 Å². The summed E-state index contributed by atoms with van der Waals surface area (Å²) in [4.78, 5) is 24.7. The van der Waals surface area contributed by atoms with Gasteiger partial charge in [-0.3, -0.25) is 9.59 Å². The number of para-hydroxylation sites is 1. The zero-order valence-corrected chi connectivity index (χ0v) is 14.9. The number of carbonyl (C=O) groups excluding carboxylic acids is 1. The molecule has 0 bridgehead atoms. The van der Waals surface area contributed by atoms with E-state index in [1.165, 1.54) is 10.7 Å². The topological polar surface area (TPSA) is 81.8 Å². The van der Waals surface area contributed by atoms with Crippen LogP contribution in [-0.2, 0) is 11.3 Å². The lowest BCUT2D eigenvalue weighted by Gasteiger charge is -2.12. The van der Waals surface area contributed by atoms with Crippen molar-refractivity contribution in [3.8, 4) is 16.9 Å². The smallest absolute Gasteiger partial charge is 0.267 e. The van der Waals surface area contributed by atoms with Gasteiger partial charge in [0, 0.05) is 29.7 Å². The molecule has 4 rings (SSSR count). The molecule has 0 atom stereocenters. The summed E-state index contributed by atoms with van der Waals surface area (Å²) in [5.41, 5.74) is 2.22. The number of rotatable bonds is 5. The van der Waals surface area contributed by atoms with E-state index in [0.717, 1.165) is 15.8 Å². The molecular weight excluding hydrogens is 354 g/mol. The summed E-state index contributed by atoms with van der Waals surface area (Å²) in [5.74, 6) is 0.123. The summed E-state index contributed by atoms with van der Waals surface area (Å²) in [6.45, 7) is -0.197. The van der Waals surface area contributed by atoms with Gasteiger partial charge in [-0.05, 0) is 23.8 Å². The van der Waals surface area contributed by atoms with Crippen LogP contribution in [0.1, 0.15) is 0 Å². The number of carbonyl (C=O) groups is 1. The molecule has 0 saturated carbocycles. The molecule has 2 heterocycles. The maximum atomic E-state index is 12.6. The quantitative estimate of drug-likeness (QED) is 0.585. The van der Waals surface area contributed by atoms with Crippen LogP contribution >= 0.6 is 0 Å². The lowest BCUT2D eigenvalue weighted by atomic mass is 10.0. The number of hydrogen-bond donors (Lipinski definition) is 1. The van der Waals surface area contributed by atoms with Crippen LogP contribution in [0.15, 0.2) is 90.0 Å². The molecule has 0 saturated heterocycles. The van der Waals surface area contributed by atoms with Gasteiger partial charge in [0.25, 0.3) is 5.56 Å². The molecule has 0 fully saturated rings. The van der Waals surface area contributed by atoms with Gasteiger partial charge < -0.3 is 5.32 Å². The Kier molecular flexibility index (Phi) is 4.79. The van der Waals surface area contributed by atoms with Crippen LogP contribution in [0, 0.1) is 0 Å². The van der Waals surface area contributed by atoms with E-state index in [2.05, 4.69) is 15.5 Å². The summed E-state index contributed by atoms with van der Waals surface area (Å²) >= 11 is 0. The van der Waals surface area contributed by atoms with Crippen LogP contribution in [0.3, 0.4) is 0 Å². The maximum Gasteiger partial charge on any atom is 0.267 e. The Labute approximate surface area is 160 Å². The summed E-state index contributed by atoms with van der Waals surface area (Å²) < 4.78 is 2.65. The van der Waals surface area contributed by atoms with Crippen LogP contribution in [0.25, 0.3) is 16.9 Å². The van der Waals surface area contributed by atoms with Gasteiger partial charge in [0.15, 0.2) is 5.82 Å². The molecule has 138 valence electrons. The van der Waals surface area contributed by atoms with E-state index in [4.69, 9.17) is 0 Å². The van der Waals surface area contributed by atoms with Crippen molar-refractivity contribution in [1.29, 1.82) is 0 Å². The number of anilines is 1. The van der Waals surface area contributed by atoms with Crippen molar-refractivity contribution in [2.24, 2.45) is 0 Å². The average molecular weight is 371 g/mol. The monoisotopic (exact) mass is 371 g/mol. The van der Waals surface area contributed by atoms with Crippen molar-refractivity contribution in [3.05, 3.63) is 95.5 Å². The SMILES string of the molecule is O=C(Cn1nc(-n2cccn2)ccc1=O)Nc1ccccc1-c1ccccc1.